The van der Waals surface area contributed by atoms with Crippen molar-refractivity contribution in [1.29, 1.82) is 0 Å². The highest BCUT2D eigenvalue weighted by atomic mass is 32.1. The Morgan fingerprint density at radius 1 is 1.30 bits per heavy atom. The van der Waals surface area contributed by atoms with Crippen molar-refractivity contribution in [2.45, 2.75) is 18.8 Å². The van der Waals surface area contributed by atoms with Crippen LogP contribution in [0.3, 0.4) is 0 Å². The molecule has 1 unspecified atom stereocenters. The van der Waals surface area contributed by atoms with Gasteiger partial charge in [-0.15, -0.1) is 0 Å². The summed E-state index contributed by atoms with van der Waals surface area (Å²) in [5.74, 6) is 0.668. The summed E-state index contributed by atoms with van der Waals surface area (Å²) >= 11 is 4.49. The minimum Gasteiger partial charge on any atom is -0.508 e. The van der Waals surface area contributed by atoms with Gasteiger partial charge in [-0.2, -0.15) is 21.4 Å². The lowest BCUT2D eigenvalue weighted by atomic mass is 10.1. The van der Waals surface area contributed by atoms with Crippen molar-refractivity contribution >= 4 is 23.7 Å². The molecule has 0 amide bonds. The van der Waals surface area contributed by atoms with Gasteiger partial charge >= 0.3 is 6.61 Å². The molecule has 0 radical (unpaired) electrons. The number of nitrogens with zero attached hydrogens (tertiary/aromatic N) is 2. The van der Waals surface area contributed by atoms with Crippen LogP contribution in [0.4, 0.5) is 8.78 Å². The molecule has 23 heavy (non-hydrogen) atoms. The Morgan fingerprint density at radius 3 is 2.83 bits per heavy atom. The van der Waals surface area contributed by atoms with E-state index in [-0.39, 0.29) is 11.5 Å². The molecule has 0 aliphatic carbocycles. The lowest BCUT2D eigenvalue weighted by Gasteiger charge is -2.14. The van der Waals surface area contributed by atoms with Gasteiger partial charge in [0.2, 0.25) is 0 Å². The second kappa shape index (κ2) is 6.04. The molecule has 0 aliphatic heterocycles. The Labute approximate surface area is 135 Å². The van der Waals surface area contributed by atoms with Gasteiger partial charge in [-0.05, 0) is 25.1 Å². The maximum atomic E-state index is 12.4. The summed E-state index contributed by atoms with van der Waals surface area (Å²) in [5.41, 5.74) is 2.25. The third-order valence-corrected chi connectivity index (χ3v) is 3.90. The molecule has 8 heteroatoms. The minimum absolute atomic E-state index is 0.0535. The number of alkyl halides is 2. The van der Waals surface area contributed by atoms with Crippen LogP contribution in [-0.4, -0.2) is 26.7 Å². The fraction of sp³-hybridized carbons (Fsp3) is 0.200. The van der Waals surface area contributed by atoms with Crippen LogP contribution in [0.2, 0.25) is 0 Å². The van der Waals surface area contributed by atoms with Gasteiger partial charge in [0.05, 0.1) is 16.7 Å². The summed E-state index contributed by atoms with van der Waals surface area (Å²) in [5, 5.41) is 8.94. The first kappa shape index (κ1) is 15.5. The lowest BCUT2D eigenvalue weighted by molar-refractivity contribution is -0.0503. The third kappa shape index (κ3) is 3.07. The van der Waals surface area contributed by atoms with E-state index in [1.54, 1.807) is 19.1 Å². The number of fused-ring (bicyclic) bond motifs is 1. The molecule has 0 saturated carbocycles. The number of hydrogen-bond donors (Lipinski definition) is 3. The standard InChI is InChI=1S/C15H13F2N3O2S/c1-7-11(22-15(16)17)4-5-18-12(7)13(23)14-19-9-3-2-8(21)6-10(9)20-14/h2-6,13,15,21,23H,1H3,(H,19,20). The maximum absolute atomic E-state index is 12.4. The molecule has 0 fully saturated rings. The van der Waals surface area contributed by atoms with Crippen LogP contribution in [0.15, 0.2) is 30.5 Å². The Kier molecular flexibility index (Phi) is 4.08. The number of aromatic nitrogens is 3. The van der Waals surface area contributed by atoms with Crippen molar-refractivity contribution < 1.29 is 18.6 Å². The first-order valence-corrected chi connectivity index (χ1v) is 7.24. The second-order valence-electron chi connectivity index (χ2n) is 4.92. The van der Waals surface area contributed by atoms with Gasteiger partial charge in [-0.1, -0.05) is 0 Å². The van der Waals surface area contributed by atoms with E-state index in [0.29, 0.717) is 28.1 Å². The third-order valence-electron chi connectivity index (χ3n) is 3.41. The van der Waals surface area contributed by atoms with Crippen molar-refractivity contribution in [2.24, 2.45) is 0 Å². The van der Waals surface area contributed by atoms with Gasteiger partial charge in [0.15, 0.2) is 0 Å². The lowest BCUT2D eigenvalue weighted by Crippen LogP contribution is -2.07. The molecule has 2 aromatic heterocycles. The molecule has 5 nitrogen and oxygen atoms in total. The van der Waals surface area contributed by atoms with Gasteiger partial charge < -0.3 is 14.8 Å². The van der Waals surface area contributed by atoms with E-state index in [9.17, 15) is 13.9 Å². The number of ether oxygens (including phenoxy) is 1. The molecule has 3 rings (SSSR count). The summed E-state index contributed by atoms with van der Waals surface area (Å²) in [4.78, 5) is 11.6. The second-order valence-corrected chi connectivity index (χ2v) is 5.44. The van der Waals surface area contributed by atoms with E-state index < -0.39 is 11.9 Å². The first-order chi connectivity index (χ1) is 11.0. The van der Waals surface area contributed by atoms with E-state index >= 15 is 0 Å². The number of thiol groups is 1. The van der Waals surface area contributed by atoms with Gasteiger partial charge in [-0.3, -0.25) is 4.98 Å². The van der Waals surface area contributed by atoms with Crippen LogP contribution >= 0.6 is 12.6 Å². The topological polar surface area (TPSA) is 71.0 Å². The molecular formula is C15H13F2N3O2S. The number of imidazole rings is 1. The smallest absolute Gasteiger partial charge is 0.387 e. The number of H-pyrrole nitrogens is 1. The normalized spacial score (nSPS) is 12.7. The average molecular weight is 337 g/mol. The van der Waals surface area contributed by atoms with E-state index in [2.05, 4.69) is 32.3 Å². The number of benzene rings is 1. The number of pyridine rings is 1. The fourth-order valence-electron chi connectivity index (χ4n) is 2.31. The summed E-state index contributed by atoms with van der Waals surface area (Å²) in [7, 11) is 0. The minimum atomic E-state index is -2.91. The number of nitrogens with one attached hydrogen (secondary N) is 1. The molecule has 1 aromatic carbocycles. The Morgan fingerprint density at radius 2 is 2.09 bits per heavy atom. The molecule has 120 valence electrons. The number of phenolic OH excluding ortho intramolecular Hbond substituents is 1. The summed E-state index contributed by atoms with van der Waals surface area (Å²) in [6, 6.07) is 6.12. The molecule has 0 bridgehead atoms. The van der Waals surface area contributed by atoms with Gasteiger partial charge in [0.1, 0.15) is 22.6 Å². The largest absolute Gasteiger partial charge is 0.508 e. The van der Waals surface area contributed by atoms with Crippen molar-refractivity contribution in [1.82, 2.24) is 15.0 Å². The van der Waals surface area contributed by atoms with E-state index in [1.165, 1.54) is 18.3 Å². The van der Waals surface area contributed by atoms with Crippen LogP contribution in [0, 0.1) is 6.92 Å². The molecule has 3 aromatic rings. The number of rotatable bonds is 4. The van der Waals surface area contributed by atoms with E-state index in [1.807, 2.05) is 0 Å². The van der Waals surface area contributed by atoms with Crippen LogP contribution < -0.4 is 4.74 Å². The quantitative estimate of drug-likeness (QED) is 0.636. The monoisotopic (exact) mass is 337 g/mol. The van der Waals surface area contributed by atoms with Crippen molar-refractivity contribution in [3.63, 3.8) is 0 Å². The van der Waals surface area contributed by atoms with Gasteiger partial charge in [0, 0.05) is 17.8 Å². The highest BCUT2D eigenvalue weighted by Crippen LogP contribution is 2.33. The molecule has 2 N–H and O–H groups in total. The number of phenols is 1. The zero-order valence-corrected chi connectivity index (χ0v) is 12.9. The highest BCUT2D eigenvalue weighted by molar-refractivity contribution is 7.80. The first-order valence-electron chi connectivity index (χ1n) is 6.72. The summed E-state index contributed by atoms with van der Waals surface area (Å²) in [6.45, 7) is -1.27. The number of aromatic amines is 1. The molecule has 0 aliphatic rings. The number of aromatic hydroxyl groups is 1. The molecule has 0 saturated heterocycles. The molecule has 1 atom stereocenters. The molecule has 0 spiro atoms. The van der Waals surface area contributed by atoms with E-state index in [0.717, 1.165) is 0 Å². The predicted molar refractivity (Wildman–Crippen MR) is 84.2 cm³/mol. The zero-order chi connectivity index (χ0) is 16.6. The number of hydrogen-bond acceptors (Lipinski definition) is 5. The van der Waals surface area contributed by atoms with Gasteiger partial charge in [-0.25, -0.2) is 4.98 Å². The Hall–Kier alpha value is -2.35. The fourth-order valence-corrected chi connectivity index (χ4v) is 2.69. The van der Waals surface area contributed by atoms with Crippen LogP contribution in [-0.2, 0) is 0 Å². The van der Waals surface area contributed by atoms with Crippen molar-refractivity contribution in [2.75, 3.05) is 0 Å². The Balaban J connectivity index is 1.99. The predicted octanol–water partition coefficient (Wildman–Crippen LogP) is 3.59. The Bertz CT molecular complexity index is 854. The number of halogens is 2. The van der Waals surface area contributed by atoms with Crippen LogP contribution in [0.1, 0.15) is 22.3 Å². The molecular weight excluding hydrogens is 324 g/mol. The van der Waals surface area contributed by atoms with Crippen LogP contribution in [0.25, 0.3) is 11.0 Å². The van der Waals surface area contributed by atoms with Gasteiger partial charge in [0.25, 0.3) is 0 Å². The zero-order valence-electron chi connectivity index (χ0n) is 12.0. The van der Waals surface area contributed by atoms with Crippen molar-refractivity contribution in [3.8, 4) is 11.5 Å². The van der Waals surface area contributed by atoms with Crippen molar-refractivity contribution in [3.05, 3.63) is 47.5 Å². The molecule has 2 heterocycles. The maximum Gasteiger partial charge on any atom is 0.387 e. The summed E-state index contributed by atoms with van der Waals surface area (Å²) < 4.78 is 29.3. The van der Waals surface area contributed by atoms with E-state index in [4.69, 9.17) is 0 Å². The average Bonchev–Trinajstić information content (AvgIpc) is 2.91. The van der Waals surface area contributed by atoms with Crippen LogP contribution in [0.5, 0.6) is 11.5 Å². The highest BCUT2D eigenvalue weighted by Gasteiger charge is 2.20. The SMILES string of the molecule is Cc1c(OC(F)F)ccnc1C(S)c1nc2ccc(O)cc2[nH]1. The summed E-state index contributed by atoms with van der Waals surface area (Å²) in [6.07, 6.45) is 1.39.